The first kappa shape index (κ1) is 20.2. The summed E-state index contributed by atoms with van der Waals surface area (Å²) in [6.07, 6.45) is -0.244. The van der Waals surface area contributed by atoms with Gasteiger partial charge in [0.1, 0.15) is 10.8 Å². The number of nitrogens with one attached hydrogen (secondary N) is 1. The van der Waals surface area contributed by atoms with E-state index in [1.807, 2.05) is 31.2 Å². The molecule has 0 radical (unpaired) electrons. The van der Waals surface area contributed by atoms with E-state index in [0.717, 1.165) is 11.1 Å². The smallest absolute Gasteiger partial charge is 0.308 e. The normalized spacial score (nSPS) is 11.9. The van der Waals surface area contributed by atoms with Crippen molar-refractivity contribution in [3.8, 4) is 0 Å². The number of carbonyl (C=O) groups excluding carboxylic acids is 2. The van der Waals surface area contributed by atoms with E-state index in [9.17, 15) is 9.59 Å². The van der Waals surface area contributed by atoms with Crippen LogP contribution in [0.5, 0.6) is 0 Å². The van der Waals surface area contributed by atoms with Gasteiger partial charge in [-0.15, -0.1) is 0 Å². The van der Waals surface area contributed by atoms with Gasteiger partial charge in [0.05, 0.1) is 23.6 Å². The molecular weight excluding hydrogens is 375 g/mol. The van der Waals surface area contributed by atoms with E-state index in [2.05, 4.69) is 10.3 Å². The van der Waals surface area contributed by atoms with Crippen LogP contribution in [-0.2, 0) is 9.53 Å². The minimum absolute atomic E-state index is 0.00788. The summed E-state index contributed by atoms with van der Waals surface area (Å²) in [4.78, 5) is 28.7. The van der Waals surface area contributed by atoms with Gasteiger partial charge in [-0.25, -0.2) is 4.98 Å². The van der Waals surface area contributed by atoms with E-state index in [1.165, 1.54) is 12.1 Å². The Hall–Kier alpha value is -2.11. The molecule has 1 heterocycles. The molecule has 0 aliphatic rings. The van der Waals surface area contributed by atoms with Crippen molar-refractivity contribution in [2.24, 2.45) is 0 Å². The number of hydrogen-bond acceptors (Lipinski definition) is 4. The molecule has 26 heavy (non-hydrogen) atoms. The lowest BCUT2D eigenvalue weighted by atomic mass is 10.0. The number of esters is 1. The third kappa shape index (κ3) is 5.71. The van der Waals surface area contributed by atoms with Crippen molar-refractivity contribution in [3.05, 3.63) is 63.4 Å². The van der Waals surface area contributed by atoms with Crippen molar-refractivity contribution < 1.29 is 14.3 Å². The highest BCUT2D eigenvalue weighted by Gasteiger charge is 2.22. The van der Waals surface area contributed by atoms with Crippen molar-refractivity contribution in [1.29, 1.82) is 0 Å². The molecule has 1 amide bonds. The molecule has 1 atom stereocenters. The fourth-order valence-corrected chi connectivity index (χ4v) is 2.67. The molecule has 1 aromatic carbocycles. The fraction of sp³-hybridized carbons (Fsp3) is 0.316. The summed E-state index contributed by atoms with van der Waals surface area (Å²) in [6.45, 7) is 5.50. The van der Waals surface area contributed by atoms with Crippen molar-refractivity contribution in [2.75, 3.05) is 0 Å². The Balaban J connectivity index is 2.25. The highest BCUT2D eigenvalue weighted by molar-refractivity contribution is 6.34. The molecule has 0 saturated heterocycles. The van der Waals surface area contributed by atoms with E-state index in [1.54, 1.807) is 13.8 Å². The Morgan fingerprint density at radius 1 is 1.12 bits per heavy atom. The van der Waals surface area contributed by atoms with Gasteiger partial charge in [-0.2, -0.15) is 0 Å². The van der Waals surface area contributed by atoms with Crippen LogP contribution in [0.4, 0.5) is 0 Å². The number of rotatable bonds is 6. The standard InChI is InChI=1S/C19H20Cl2N2O3/c1-11(2)26-17(24)10-15(13-6-4-12(3)5-7-13)22-19(25)18-14(20)8-9-16(21)23-18/h4-9,11,15H,10H2,1-3H3,(H,22,25). The van der Waals surface area contributed by atoms with Gasteiger partial charge < -0.3 is 10.1 Å². The Labute approximate surface area is 162 Å². The Morgan fingerprint density at radius 3 is 2.38 bits per heavy atom. The van der Waals surface area contributed by atoms with Gasteiger partial charge in [0.2, 0.25) is 0 Å². The molecule has 2 rings (SSSR count). The number of aryl methyl sites for hydroxylation is 1. The van der Waals surface area contributed by atoms with Crippen molar-refractivity contribution >= 4 is 35.1 Å². The fourth-order valence-electron chi connectivity index (χ4n) is 2.33. The van der Waals surface area contributed by atoms with Gasteiger partial charge in [0.15, 0.2) is 0 Å². The lowest BCUT2D eigenvalue weighted by molar-refractivity contribution is -0.147. The molecule has 1 N–H and O–H groups in total. The first-order valence-electron chi connectivity index (χ1n) is 8.15. The van der Waals surface area contributed by atoms with Gasteiger partial charge in [-0.05, 0) is 38.5 Å². The van der Waals surface area contributed by atoms with E-state index >= 15 is 0 Å². The molecule has 0 bridgehead atoms. The topological polar surface area (TPSA) is 68.3 Å². The third-order valence-electron chi connectivity index (χ3n) is 3.55. The number of carbonyl (C=O) groups is 2. The average Bonchev–Trinajstić information content (AvgIpc) is 2.56. The zero-order valence-electron chi connectivity index (χ0n) is 14.8. The summed E-state index contributed by atoms with van der Waals surface area (Å²) in [6, 6.07) is 9.95. The first-order valence-corrected chi connectivity index (χ1v) is 8.91. The van der Waals surface area contributed by atoms with Gasteiger partial charge in [-0.1, -0.05) is 53.0 Å². The minimum atomic E-state index is -0.578. The molecular formula is C19H20Cl2N2O3. The predicted molar refractivity (Wildman–Crippen MR) is 101 cm³/mol. The molecule has 5 nitrogen and oxygen atoms in total. The van der Waals surface area contributed by atoms with Crippen LogP contribution in [0.1, 0.15) is 47.9 Å². The number of nitrogens with zero attached hydrogens (tertiary/aromatic N) is 1. The second-order valence-electron chi connectivity index (χ2n) is 6.14. The van der Waals surface area contributed by atoms with Gasteiger partial charge >= 0.3 is 5.97 Å². The Kier molecular flexibility index (Phi) is 7.00. The molecule has 7 heteroatoms. The summed E-state index contributed by atoms with van der Waals surface area (Å²) in [5.74, 6) is -0.920. The van der Waals surface area contributed by atoms with Gasteiger partial charge in [0.25, 0.3) is 5.91 Å². The van der Waals surface area contributed by atoms with Gasteiger partial charge in [0, 0.05) is 0 Å². The zero-order valence-corrected chi connectivity index (χ0v) is 16.3. The summed E-state index contributed by atoms with van der Waals surface area (Å²) < 4.78 is 5.20. The third-order valence-corrected chi connectivity index (χ3v) is 4.07. The van der Waals surface area contributed by atoms with Crippen LogP contribution in [0.25, 0.3) is 0 Å². The van der Waals surface area contributed by atoms with Crippen molar-refractivity contribution in [1.82, 2.24) is 10.3 Å². The maximum absolute atomic E-state index is 12.6. The lowest BCUT2D eigenvalue weighted by Gasteiger charge is -2.20. The summed E-state index contributed by atoms with van der Waals surface area (Å²) in [5.41, 5.74) is 1.86. The average molecular weight is 395 g/mol. The van der Waals surface area contributed by atoms with Crippen LogP contribution >= 0.6 is 23.2 Å². The number of ether oxygens (including phenoxy) is 1. The monoisotopic (exact) mass is 394 g/mol. The lowest BCUT2D eigenvalue weighted by Crippen LogP contribution is -2.32. The second kappa shape index (κ2) is 9.01. The molecule has 2 aromatic rings. The second-order valence-corrected chi connectivity index (χ2v) is 6.94. The largest absolute Gasteiger partial charge is 0.463 e. The number of aromatic nitrogens is 1. The number of hydrogen-bond donors (Lipinski definition) is 1. The highest BCUT2D eigenvalue weighted by Crippen LogP contribution is 2.22. The number of amides is 1. The highest BCUT2D eigenvalue weighted by atomic mass is 35.5. The van der Waals surface area contributed by atoms with Gasteiger partial charge in [-0.3, -0.25) is 9.59 Å². The molecule has 138 valence electrons. The molecule has 0 saturated carbocycles. The molecule has 0 aliphatic heterocycles. The Bertz CT molecular complexity index is 792. The number of pyridine rings is 1. The SMILES string of the molecule is Cc1ccc(C(CC(=O)OC(C)C)NC(=O)c2nc(Cl)ccc2Cl)cc1. The van der Waals surface area contributed by atoms with Crippen LogP contribution in [0, 0.1) is 6.92 Å². The van der Waals surface area contributed by atoms with Crippen molar-refractivity contribution in [3.63, 3.8) is 0 Å². The van der Waals surface area contributed by atoms with E-state index in [-0.39, 0.29) is 28.4 Å². The number of halogens is 2. The van der Waals surface area contributed by atoms with Crippen LogP contribution in [0.2, 0.25) is 10.2 Å². The quantitative estimate of drug-likeness (QED) is 0.577. The predicted octanol–water partition coefficient (Wildman–Crippen LogP) is 4.51. The van der Waals surface area contributed by atoms with E-state index in [0.29, 0.717) is 0 Å². The van der Waals surface area contributed by atoms with Crippen LogP contribution in [0.3, 0.4) is 0 Å². The maximum atomic E-state index is 12.6. The Morgan fingerprint density at radius 2 is 1.77 bits per heavy atom. The summed E-state index contributed by atoms with van der Waals surface area (Å²) in [7, 11) is 0. The van der Waals surface area contributed by atoms with Crippen LogP contribution < -0.4 is 5.32 Å². The molecule has 0 aliphatic carbocycles. The molecule has 0 fully saturated rings. The van der Waals surface area contributed by atoms with Crippen molar-refractivity contribution in [2.45, 2.75) is 39.3 Å². The van der Waals surface area contributed by atoms with E-state index < -0.39 is 17.9 Å². The first-order chi connectivity index (χ1) is 12.3. The maximum Gasteiger partial charge on any atom is 0.308 e. The van der Waals surface area contributed by atoms with E-state index in [4.69, 9.17) is 27.9 Å². The zero-order chi connectivity index (χ0) is 19.3. The summed E-state index contributed by atoms with van der Waals surface area (Å²) >= 11 is 11.9. The molecule has 1 aromatic heterocycles. The van der Waals surface area contributed by atoms with Crippen LogP contribution in [-0.4, -0.2) is 23.0 Å². The molecule has 0 spiro atoms. The molecule has 1 unspecified atom stereocenters. The minimum Gasteiger partial charge on any atom is -0.463 e. The van der Waals surface area contributed by atoms with Crippen LogP contribution in [0.15, 0.2) is 36.4 Å². The summed E-state index contributed by atoms with van der Waals surface area (Å²) in [5, 5.41) is 3.13. The number of benzene rings is 1.